The number of carboxylic acid groups (broad SMARTS) is 1. The SMILES string of the molecule is O=C(O)[C@H]1C[C@H](Oc2cccc3ccoc23)C1. The Labute approximate surface area is 97.8 Å². The summed E-state index contributed by atoms with van der Waals surface area (Å²) >= 11 is 0. The Morgan fingerprint density at radius 2 is 2.18 bits per heavy atom. The minimum absolute atomic E-state index is 0.00759. The van der Waals surface area contributed by atoms with E-state index in [9.17, 15) is 4.79 Å². The van der Waals surface area contributed by atoms with Gasteiger partial charge in [0.25, 0.3) is 0 Å². The number of hydrogen-bond donors (Lipinski definition) is 1. The third kappa shape index (κ3) is 1.75. The van der Waals surface area contributed by atoms with E-state index in [0.717, 1.165) is 11.0 Å². The maximum Gasteiger partial charge on any atom is 0.306 e. The molecule has 0 atom stereocenters. The van der Waals surface area contributed by atoms with Crippen LogP contribution in [0.15, 0.2) is 34.9 Å². The van der Waals surface area contributed by atoms with Crippen molar-refractivity contribution in [3.63, 3.8) is 0 Å². The zero-order valence-corrected chi connectivity index (χ0v) is 9.13. The van der Waals surface area contributed by atoms with Gasteiger partial charge in [-0.25, -0.2) is 0 Å². The molecule has 1 fully saturated rings. The molecule has 4 nitrogen and oxygen atoms in total. The number of carboxylic acids is 1. The average Bonchev–Trinajstić information content (AvgIpc) is 2.70. The highest BCUT2D eigenvalue weighted by molar-refractivity contribution is 5.82. The van der Waals surface area contributed by atoms with Crippen LogP contribution in [0.2, 0.25) is 0 Å². The molecular weight excluding hydrogens is 220 g/mol. The van der Waals surface area contributed by atoms with E-state index in [1.165, 1.54) is 0 Å². The first kappa shape index (κ1) is 10.2. The zero-order chi connectivity index (χ0) is 11.8. The molecule has 88 valence electrons. The van der Waals surface area contributed by atoms with Gasteiger partial charge >= 0.3 is 5.97 Å². The van der Waals surface area contributed by atoms with Crippen molar-refractivity contribution >= 4 is 16.9 Å². The van der Waals surface area contributed by atoms with Gasteiger partial charge in [-0.2, -0.15) is 0 Å². The molecular formula is C13H12O4. The van der Waals surface area contributed by atoms with Gasteiger partial charge in [-0.1, -0.05) is 12.1 Å². The first-order valence-corrected chi connectivity index (χ1v) is 5.60. The summed E-state index contributed by atoms with van der Waals surface area (Å²) in [6, 6.07) is 7.58. The second kappa shape index (κ2) is 3.80. The van der Waals surface area contributed by atoms with E-state index in [2.05, 4.69) is 0 Å². The molecule has 1 N–H and O–H groups in total. The topological polar surface area (TPSA) is 59.7 Å². The van der Waals surface area contributed by atoms with Crippen molar-refractivity contribution in [3.8, 4) is 5.75 Å². The molecule has 0 aliphatic heterocycles. The van der Waals surface area contributed by atoms with Gasteiger partial charge in [0.2, 0.25) is 0 Å². The number of aliphatic carboxylic acids is 1. The monoisotopic (exact) mass is 232 g/mol. The molecule has 0 saturated heterocycles. The molecule has 3 rings (SSSR count). The fourth-order valence-corrected chi connectivity index (χ4v) is 2.10. The van der Waals surface area contributed by atoms with Crippen LogP contribution < -0.4 is 4.74 Å². The largest absolute Gasteiger partial charge is 0.486 e. The Hall–Kier alpha value is -1.97. The van der Waals surface area contributed by atoms with Gasteiger partial charge in [-0.05, 0) is 25.0 Å². The van der Waals surface area contributed by atoms with Gasteiger partial charge < -0.3 is 14.3 Å². The van der Waals surface area contributed by atoms with Crippen LogP contribution in [0, 0.1) is 5.92 Å². The molecule has 0 spiro atoms. The predicted octanol–water partition coefficient (Wildman–Crippen LogP) is 2.67. The van der Waals surface area contributed by atoms with Crippen molar-refractivity contribution in [1.29, 1.82) is 0 Å². The van der Waals surface area contributed by atoms with Crippen molar-refractivity contribution < 1.29 is 19.1 Å². The molecule has 1 saturated carbocycles. The number of benzene rings is 1. The highest BCUT2D eigenvalue weighted by atomic mass is 16.5. The number of fused-ring (bicyclic) bond motifs is 1. The van der Waals surface area contributed by atoms with Crippen molar-refractivity contribution in [2.75, 3.05) is 0 Å². The van der Waals surface area contributed by atoms with Gasteiger partial charge in [-0.3, -0.25) is 4.79 Å². The minimum Gasteiger partial charge on any atom is -0.486 e. The number of furan rings is 1. The first-order valence-electron chi connectivity index (χ1n) is 5.60. The molecule has 0 unspecified atom stereocenters. The van der Waals surface area contributed by atoms with Gasteiger partial charge in [-0.15, -0.1) is 0 Å². The van der Waals surface area contributed by atoms with Crippen molar-refractivity contribution in [3.05, 3.63) is 30.5 Å². The number of ether oxygens (including phenoxy) is 1. The average molecular weight is 232 g/mol. The summed E-state index contributed by atoms with van der Waals surface area (Å²) in [5, 5.41) is 9.78. The minimum atomic E-state index is -0.735. The lowest BCUT2D eigenvalue weighted by molar-refractivity contribution is -0.147. The van der Waals surface area contributed by atoms with Crippen LogP contribution in [0.25, 0.3) is 11.0 Å². The second-order valence-corrected chi connectivity index (χ2v) is 4.34. The highest BCUT2D eigenvalue weighted by Crippen LogP contribution is 2.34. The third-order valence-electron chi connectivity index (χ3n) is 3.18. The zero-order valence-electron chi connectivity index (χ0n) is 9.13. The third-order valence-corrected chi connectivity index (χ3v) is 3.18. The molecule has 0 bridgehead atoms. The summed E-state index contributed by atoms with van der Waals surface area (Å²) in [7, 11) is 0. The molecule has 17 heavy (non-hydrogen) atoms. The van der Waals surface area contributed by atoms with Crippen LogP contribution in [0.3, 0.4) is 0 Å². The van der Waals surface area contributed by atoms with Crippen LogP contribution in [-0.4, -0.2) is 17.2 Å². The Balaban J connectivity index is 1.74. The molecule has 1 aliphatic rings. The van der Waals surface area contributed by atoms with Crippen LogP contribution in [0.5, 0.6) is 5.75 Å². The number of para-hydroxylation sites is 1. The predicted molar refractivity (Wildman–Crippen MR) is 61.0 cm³/mol. The lowest BCUT2D eigenvalue weighted by Crippen LogP contribution is -2.38. The van der Waals surface area contributed by atoms with Gasteiger partial charge in [0.15, 0.2) is 11.3 Å². The lowest BCUT2D eigenvalue weighted by Gasteiger charge is -2.32. The number of carbonyl (C=O) groups is 1. The normalized spacial score (nSPS) is 23.3. The van der Waals surface area contributed by atoms with Crippen molar-refractivity contribution in [2.45, 2.75) is 18.9 Å². The molecule has 1 aromatic carbocycles. The molecule has 1 aliphatic carbocycles. The molecule has 2 aromatic rings. The van der Waals surface area contributed by atoms with Crippen LogP contribution in [0.4, 0.5) is 0 Å². The van der Waals surface area contributed by atoms with Crippen molar-refractivity contribution in [2.24, 2.45) is 5.92 Å². The molecule has 0 amide bonds. The van der Waals surface area contributed by atoms with E-state index in [1.54, 1.807) is 6.26 Å². The van der Waals surface area contributed by atoms with E-state index in [4.69, 9.17) is 14.3 Å². The maximum absolute atomic E-state index is 10.7. The summed E-state index contributed by atoms with van der Waals surface area (Å²) in [6.07, 6.45) is 2.77. The summed E-state index contributed by atoms with van der Waals surface area (Å²) in [4.78, 5) is 10.7. The molecule has 1 aromatic heterocycles. The summed E-state index contributed by atoms with van der Waals surface area (Å²) in [5.74, 6) is -0.293. The van der Waals surface area contributed by atoms with Crippen LogP contribution in [-0.2, 0) is 4.79 Å². The van der Waals surface area contributed by atoms with Gasteiger partial charge in [0.1, 0.15) is 6.10 Å². The van der Waals surface area contributed by atoms with E-state index in [1.807, 2.05) is 24.3 Å². The van der Waals surface area contributed by atoms with Crippen LogP contribution in [0.1, 0.15) is 12.8 Å². The first-order chi connectivity index (χ1) is 8.24. The van der Waals surface area contributed by atoms with Gasteiger partial charge in [0.05, 0.1) is 12.2 Å². The van der Waals surface area contributed by atoms with Crippen molar-refractivity contribution in [1.82, 2.24) is 0 Å². The number of rotatable bonds is 3. The Kier molecular flexibility index (Phi) is 2.28. The smallest absolute Gasteiger partial charge is 0.306 e. The van der Waals surface area contributed by atoms with E-state index < -0.39 is 5.97 Å². The molecule has 4 heteroatoms. The molecule has 0 radical (unpaired) electrons. The van der Waals surface area contributed by atoms with Gasteiger partial charge in [0, 0.05) is 5.39 Å². The summed E-state index contributed by atoms with van der Waals surface area (Å²) < 4.78 is 11.1. The number of hydrogen-bond acceptors (Lipinski definition) is 3. The Bertz CT molecular complexity index is 551. The summed E-state index contributed by atoms with van der Waals surface area (Å²) in [6.45, 7) is 0. The fraction of sp³-hybridized carbons (Fsp3) is 0.308. The Morgan fingerprint density at radius 1 is 1.35 bits per heavy atom. The highest BCUT2D eigenvalue weighted by Gasteiger charge is 2.36. The van der Waals surface area contributed by atoms with Crippen LogP contribution >= 0.6 is 0 Å². The lowest BCUT2D eigenvalue weighted by atomic mass is 9.82. The Morgan fingerprint density at radius 3 is 2.94 bits per heavy atom. The van der Waals surface area contributed by atoms with E-state index >= 15 is 0 Å². The van der Waals surface area contributed by atoms with E-state index in [-0.39, 0.29) is 12.0 Å². The summed E-state index contributed by atoms with van der Waals surface area (Å²) in [5.41, 5.74) is 0.728. The fourth-order valence-electron chi connectivity index (χ4n) is 2.10. The van der Waals surface area contributed by atoms with E-state index in [0.29, 0.717) is 18.6 Å². The maximum atomic E-state index is 10.7. The second-order valence-electron chi connectivity index (χ2n) is 4.34. The quantitative estimate of drug-likeness (QED) is 0.883. The standard InChI is InChI=1S/C13H12O4/c14-13(15)9-6-10(7-9)17-11-3-1-2-8-4-5-16-12(8)11/h1-5,9-10H,6-7H2,(H,14,15)/t9-,10-. The molecule has 1 heterocycles.